The van der Waals surface area contributed by atoms with Crippen LogP contribution >= 0.6 is 0 Å². The molecule has 0 bridgehead atoms. The highest BCUT2D eigenvalue weighted by atomic mass is 16.5. The predicted molar refractivity (Wildman–Crippen MR) is 61.4 cm³/mol. The number of ether oxygens (including phenoxy) is 1. The van der Waals surface area contributed by atoms with Crippen LogP contribution in [0.15, 0.2) is 12.7 Å². The maximum absolute atomic E-state index is 9.93. The summed E-state index contributed by atoms with van der Waals surface area (Å²) in [6.07, 6.45) is 1.52. The quantitative estimate of drug-likeness (QED) is 0.629. The molecule has 3 rings (SSSR count). The van der Waals surface area contributed by atoms with Gasteiger partial charge in [0.05, 0.1) is 19.0 Å². The van der Waals surface area contributed by atoms with E-state index in [1.165, 1.54) is 12.7 Å². The number of anilines is 1. The van der Waals surface area contributed by atoms with Crippen molar-refractivity contribution in [3.8, 4) is 0 Å². The van der Waals surface area contributed by atoms with E-state index in [9.17, 15) is 5.11 Å². The van der Waals surface area contributed by atoms with Crippen molar-refractivity contribution in [1.29, 1.82) is 0 Å². The lowest BCUT2D eigenvalue weighted by atomic mass is 10.2. The smallest absolute Gasteiger partial charge is 0.167 e. The SMILES string of the molecule is Nc1ncnc2c1ncn2[C@@H]1O[C@@H](CO)C[C@@H]1O. The van der Waals surface area contributed by atoms with E-state index in [4.69, 9.17) is 15.6 Å². The van der Waals surface area contributed by atoms with E-state index < -0.39 is 12.3 Å². The van der Waals surface area contributed by atoms with Crippen molar-refractivity contribution in [2.75, 3.05) is 12.3 Å². The number of rotatable bonds is 2. The molecule has 1 saturated heterocycles. The van der Waals surface area contributed by atoms with Crippen molar-refractivity contribution < 1.29 is 14.9 Å². The van der Waals surface area contributed by atoms with Crippen LogP contribution in [0, 0.1) is 0 Å². The normalized spacial score (nSPS) is 28.0. The molecule has 4 N–H and O–H groups in total. The molecule has 0 saturated carbocycles. The fourth-order valence-corrected chi connectivity index (χ4v) is 2.15. The minimum Gasteiger partial charge on any atom is -0.394 e. The molecule has 0 amide bonds. The van der Waals surface area contributed by atoms with Crippen LogP contribution in [-0.2, 0) is 4.74 Å². The van der Waals surface area contributed by atoms with Crippen molar-refractivity contribution in [2.24, 2.45) is 0 Å². The molecular weight excluding hydrogens is 238 g/mol. The third-order valence-electron chi connectivity index (χ3n) is 3.03. The molecule has 1 aliphatic rings. The van der Waals surface area contributed by atoms with Crippen LogP contribution in [-0.4, -0.2) is 48.5 Å². The first-order chi connectivity index (χ1) is 8.70. The highest BCUT2D eigenvalue weighted by molar-refractivity contribution is 5.81. The first-order valence-electron chi connectivity index (χ1n) is 5.58. The fraction of sp³-hybridized carbons (Fsp3) is 0.500. The Morgan fingerprint density at radius 1 is 1.44 bits per heavy atom. The average Bonchev–Trinajstić information content (AvgIpc) is 2.93. The topological polar surface area (TPSA) is 119 Å². The van der Waals surface area contributed by atoms with Gasteiger partial charge in [-0.25, -0.2) is 15.0 Å². The number of fused-ring (bicyclic) bond motifs is 1. The molecule has 3 atom stereocenters. The number of imidazole rings is 1. The van der Waals surface area contributed by atoms with E-state index >= 15 is 0 Å². The molecule has 96 valence electrons. The van der Waals surface area contributed by atoms with Gasteiger partial charge in [-0.05, 0) is 0 Å². The monoisotopic (exact) mass is 251 g/mol. The molecule has 0 spiro atoms. The van der Waals surface area contributed by atoms with Crippen molar-refractivity contribution in [1.82, 2.24) is 19.5 Å². The molecule has 3 heterocycles. The maximum atomic E-state index is 9.93. The van der Waals surface area contributed by atoms with Gasteiger partial charge in [0, 0.05) is 6.42 Å². The van der Waals surface area contributed by atoms with Gasteiger partial charge in [-0.1, -0.05) is 0 Å². The molecular formula is C10H13N5O3. The van der Waals surface area contributed by atoms with Gasteiger partial charge in [-0.2, -0.15) is 0 Å². The zero-order chi connectivity index (χ0) is 12.7. The van der Waals surface area contributed by atoms with Crippen molar-refractivity contribution in [3.05, 3.63) is 12.7 Å². The molecule has 0 radical (unpaired) electrons. The van der Waals surface area contributed by atoms with Crippen LogP contribution in [0.2, 0.25) is 0 Å². The summed E-state index contributed by atoms with van der Waals surface area (Å²) >= 11 is 0. The lowest BCUT2D eigenvalue weighted by Gasteiger charge is -2.16. The molecule has 8 heteroatoms. The van der Waals surface area contributed by atoms with Gasteiger partial charge in [-0.3, -0.25) is 4.57 Å². The van der Waals surface area contributed by atoms with Gasteiger partial charge in [-0.15, -0.1) is 0 Å². The van der Waals surface area contributed by atoms with Gasteiger partial charge in [0.15, 0.2) is 17.7 Å². The van der Waals surface area contributed by atoms with Crippen LogP contribution in [0.4, 0.5) is 5.82 Å². The Hall–Kier alpha value is -1.77. The standard InChI is InChI=1S/C10H13N5O3/c11-8-7-9(13-3-12-8)15(4-14-7)10-6(17)1-5(2-16)18-10/h3-6,10,16-17H,1-2H2,(H2,11,12,13)/t5-,6+,10-/m1/s1. The largest absolute Gasteiger partial charge is 0.394 e. The van der Waals surface area contributed by atoms with Gasteiger partial charge < -0.3 is 20.7 Å². The molecule has 1 fully saturated rings. The Balaban J connectivity index is 2.02. The Morgan fingerprint density at radius 2 is 2.28 bits per heavy atom. The van der Waals surface area contributed by atoms with Crippen LogP contribution in [0.25, 0.3) is 11.2 Å². The number of aliphatic hydroxyl groups is 2. The van der Waals surface area contributed by atoms with E-state index in [2.05, 4.69) is 15.0 Å². The second-order valence-corrected chi connectivity index (χ2v) is 4.22. The predicted octanol–water partition coefficient (Wildman–Crippen LogP) is -0.951. The zero-order valence-electron chi connectivity index (χ0n) is 9.47. The first-order valence-corrected chi connectivity index (χ1v) is 5.58. The summed E-state index contributed by atoms with van der Waals surface area (Å²) in [6, 6.07) is 0. The lowest BCUT2D eigenvalue weighted by Crippen LogP contribution is -2.19. The van der Waals surface area contributed by atoms with Gasteiger partial charge >= 0.3 is 0 Å². The zero-order valence-corrected chi connectivity index (χ0v) is 9.47. The number of nitrogen functional groups attached to an aromatic ring is 1. The van der Waals surface area contributed by atoms with Crippen molar-refractivity contribution >= 4 is 17.0 Å². The van der Waals surface area contributed by atoms with Crippen LogP contribution < -0.4 is 5.73 Å². The molecule has 0 aliphatic carbocycles. The Kier molecular flexibility index (Phi) is 2.62. The molecule has 0 unspecified atom stereocenters. The van der Waals surface area contributed by atoms with Crippen LogP contribution in [0.1, 0.15) is 12.6 Å². The maximum Gasteiger partial charge on any atom is 0.167 e. The third-order valence-corrected chi connectivity index (χ3v) is 3.03. The Bertz CT molecular complexity index is 572. The molecule has 0 aromatic carbocycles. The minimum absolute atomic E-state index is 0.128. The highest BCUT2D eigenvalue weighted by Crippen LogP contribution is 2.31. The lowest BCUT2D eigenvalue weighted by molar-refractivity contribution is -0.0486. The number of nitrogens with zero attached hydrogens (tertiary/aromatic N) is 4. The van der Waals surface area contributed by atoms with Gasteiger partial charge in [0.25, 0.3) is 0 Å². The second kappa shape index (κ2) is 4.16. The van der Waals surface area contributed by atoms with E-state index in [1.807, 2.05) is 0 Å². The van der Waals surface area contributed by atoms with E-state index in [0.717, 1.165) is 0 Å². The summed E-state index contributed by atoms with van der Waals surface area (Å²) in [7, 11) is 0. The van der Waals surface area contributed by atoms with E-state index in [0.29, 0.717) is 17.6 Å². The number of nitrogens with two attached hydrogens (primary N) is 1. The number of aliphatic hydroxyl groups excluding tert-OH is 2. The Morgan fingerprint density at radius 3 is 3.00 bits per heavy atom. The Labute approximate surface area is 102 Å². The third kappa shape index (κ3) is 1.62. The van der Waals surface area contributed by atoms with Crippen LogP contribution in [0.3, 0.4) is 0 Å². The molecule has 1 aliphatic heterocycles. The number of hydrogen-bond donors (Lipinski definition) is 3. The summed E-state index contributed by atoms with van der Waals surface area (Å²) in [5, 5.41) is 19.0. The summed E-state index contributed by atoms with van der Waals surface area (Å²) < 4.78 is 7.14. The number of aromatic nitrogens is 4. The van der Waals surface area contributed by atoms with E-state index in [-0.39, 0.29) is 18.5 Å². The number of hydrogen-bond acceptors (Lipinski definition) is 7. The average molecular weight is 251 g/mol. The van der Waals surface area contributed by atoms with Crippen molar-refractivity contribution in [2.45, 2.75) is 24.9 Å². The van der Waals surface area contributed by atoms with Crippen LogP contribution in [0.5, 0.6) is 0 Å². The molecule has 2 aromatic rings. The van der Waals surface area contributed by atoms with E-state index in [1.54, 1.807) is 4.57 Å². The second-order valence-electron chi connectivity index (χ2n) is 4.22. The summed E-state index contributed by atoms with van der Waals surface area (Å²) in [5.74, 6) is 0.282. The highest BCUT2D eigenvalue weighted by Gasteiger charge is 2.35. The summed E-state index contributed by atoms with van der Waals surface area (Å²) in [5.41, 5.74) is 6.66. The molecule has 2 aromatic heterocycles. The summed E-state index contributed by atoms with van der Waals surface area (Å²) in [6.45, 7) is -0.128. The minimum atomic E-state index is -0.712. The fourth-order valence-electron chi connectivity index (χ4n) is 2.15. The molecule has 8 nitrogen and oxygen atoms in total. The van der Waals surface area contributed by atoms with Crippen molar-refractivity contribution in [3.63, 3.8) is 0 Å². The van der Waals surface area contributed by atoms with Gasteiger partial charge in [0.2, 0.25) is 0 Å². The summed E-state index contributed by atoms with van der Waals surface area (Å²) in [4.78, 5) is 12.0. The van der Waals surface area contributed by atoms with Gasteiger partial charge in [0.1, 0.15) is 17.9 Å². The molecule has 18 heavy (non-hydrogen) atoms. The first kappa shape index (κ1) is 11.3.